The molecule has 3 fully saturated rings. The number of nitrogen functional groups attached to an aromatic ring is 2. The number of nitrogens with two attached hydrogens (primary N) is 2. The summed E-state index contributed by atoms with van der Waals surface area (Å²) in [6, 6.07) is 0. The Labute approximate surface area is 306 Å². The molecule has 4 aromatic heterocycles. The van der Waals surface area contributed by atoms with E-state index < -0.39 is 82.0 Å². The Balaban J connectivity index is 1.18. The van der Waals surface area contributed by atoms with Gasteiger partial charge in [0.25, 0.3) is 0 Å². The average Bonchev–Trinajstić information content (AvgIpc) is 3.88. The Bertz CT molecular complexity index is 2160. The Morgan fingerprint density at radius 3 is 2.09 bits per heavy atom. The molecule has 24 nitrogen and oxygen atoms in total. The second-order valence-electron chi connectivity index (χ2n) is 11.5. The van der Waals surface area contributed by atoms with E-state index in [1.54, 1.807) is 0 Å². The summed E-state index contributed by atoms with van der Waals surface area (Å²) in [5.41, 5.74) is 21.0. The first-order chi connectivity index (χ1) is 25.4. The van der Waals surface area contributed by atoms with Crippen molar-refractivity contribution in [3.63, 3.8) is 0 Å². The number of hydrogen-bond donors (Lipinski definition) is 5. The number of ether oxygens (including phenoxy) is 3. The van der Waals surface area contributed by atoms with Crippen molar-refractivity contribution < 1.29 is 50.6 Å². The Kier molecular flexibility index (Phi) is 10.7. The van der Waals surface area contributed by atoms with Crippen LogP contribution in [0.4, 0.5) is 20.8 Å². The number of nitrogens with zero attached hydrogens (tertiary/aromatic N) is 11. The number of imidazole rings is 2. The summed E-state index contributed by atoms with van der Waals surface area (Å²) in [5, 5.41) is 5.92. The third-order valence-corrected chi connectivity index (χ3v) is 11.4. The molecule has 0 spiro atoms. The number of thiol groups is 2. The predicted octanol–water partition coefficient (Wildman–Crippen LogP) is 2.65. The minimum Gasteiger partial charge on any atom is -0.438 e. The van der Waals surface area contributed by atoms with Gasteiger partial charge in [-0.15, -0.1) is 0 Å². The van der Waals surface area contributed by atoms with Gasteiger partial charge in [0, 0.05) is 18.0 Å². The molecule has 53 heavy (non-hydrogen) atoms. The molecule has 284 valence electrons. The van der Waals surface area contributed by atoms with E-state index in [4.69, 9.17) is 49.3 Å². The molecular weight excluding hydrogens is 789 g/mol. The van der Waals surface area contributed by atoms with Crippen molar-refractivity contribution in [3.8, 4) is 0 Å². The number of anilines is 2. The lowest BCUT2D eigenvalue weighted by Crippen LogP contribution is -2.41. The number of halogens is 1. The number of carbonyl (C=O) groups is 1. The molecule has 3 saturated heterocycles. The Morgan fingerprint density at radius 1 is 0.943 bits per heavy atom. The van der Waals surface area contributed by atoms with Crippen LogP contribution in [0.1, 0.15) is 18.9 Å². The molecular formula is C24H29FN14O10P2S2. The lowest BCUT2D eigenvalue weighted by atomic mass is 10.1. The molecule has 7 heterocycles. The van der Waals surface area contributed by atoms with Crippen LogP contribution in [0.25, 0.3) is 32.8 Å². The molecule has 0 bridgehead atoms. The van der Waals surface area contributed by atoms with Crippen LogP contribution in [0.15, 0.2) is 30.4 Å². The molecule has 29 heteroatoms. The van der Waals surface area contributed by atoms with Gasteiger partial charge in [-0.05, 0) is 12.0 Å². The van der Waals surface area contributed by atoms with Gasteiger partial charge in [-0.1, -0.05) is 29.6 Å². The summed E-state index contributed by atoms with van der Waals surface area (Å²) >= 11 is 8.22. The van der Waals surface area contributed by atoms with Crippen molar-refractivity contribution in [3.05, 3.63) is 35.8 Å². The molecule has 5 N–H and O–H groups in total. The third-order valence-electron chi connectivity index (χ3n) is 8.20. The fourth-order valence-corrected chi connectivity index (χ4v) is 8.83. The number of azide groups is 1. The Morgan fingerprint density at radius 2 is 1.49 bits per heavy atom. The number of alkyl carbamates (subject to hydrolysis) is 1. The molecule has 0 radical (unpaired) electrons. The van der Waals surface area contributed by atoms with Gasteiger partial charge in [0.2, 0.25) is 0 Å². The van der Waals surface area contributed by atoms with E-state index in [1.807, 2.05) is 0 Å². The molecule has 10 atom stereocenters. The van der Waals surface area contributed by atoms with Gasteiger partial charge < -0.3 is 31.0 Å². The van der Waals surface area contributed by atoms with Crippen LogP contribution in [0.5, 0.6) is 0 Å². The van der Waals surface area contributed by atoms with Crippen LogP contribution in [-0.2, 0) is 41.4 Å². The molecule has 4 aromatic rings. The maximum Gasteiger partial charge on any atom is 0.407 e. The summed E-state index contributed by atoms with van der Waals surface area (Å²) in [6.07, 6.45) is -8.10. The van der Waals surface area contributed by atoms with Gasteiger partial charge in [-0.2, -0.15) is 0 Å². The highest BCUT2D eigenvalue weighted by Gasteiger charge is 2.55. The summed E-state index contributed by atoms with van der Waals surface area (Å²) < 4.78 is 86.8. The minimum absolute atomic E-state index is 0.0355. The largest absolute Gasteiger partial charge is 0.438 e. The van der Waals surface area contributed by atoms with E-state index in [0.29, 0.717) is 0 Å². The van der Waals surface area contributed by atoms with E-state index in [2.05, 4.69) is 69.7 Å². The van der Waals surface area contributed by atoms with Crippen LogP contribution >= 0.6 is 38.1 Å². The summed E-state index contributed by atoms with van der Waals surface area (Å²) in [4.78, 5) is 40.1. The van der Waals surface area contributed by atoms with Crippen LogP contribution in [0.3, 0.4) is 0 Å². The van der Waals surface area contributed by atoms with Crippen LogP contribution in [-0.4, -0.2) is 108 Å². The van der Waals surface area contributed by atoms with Crippen molar-refractivity contribution in [2.24, 2.45) is 5.11 Å². The van der Waals surface area contributed by atoms with Gasteiger partial charge in [-0.25, -0.2) is 48.2 Å². The second kappa shape index (κ2) is 15.1. The van der Waals surface area contributed by atoms with Gasteiger partial charge in [0.05, 0.1) is 25.9 Å². The van der Waals surface area contributed by atoms with Crippen molar-refractivity contribution in [1.82, 2.24) is 44.4 Å². The highest BCUT2D eigenvalue weighted by molar-refractivity contribution is 8.44. The maximum atomic E-state index is 16.2. The normalized spacial score (nSPS) is 33.3. The number of rotatable bonds is 7. The molecule has 3 aliphatic heterocycles. The minimum atomic E-state index is -4.48. The van der Waals surface area contributed by atoms with Gasteiger partial charge in [0.15, 0.2) is 47.7 Å². The quantitative estimate of drug-likeness (QED) is 0.0447. The van der Waals surface area contributed by atoms with E-state index in [9.17, 15) is 13.9 Å². The SMILES string of the molecule is [N-]=[N+]=NCCCNC(=O)O[C@@H]1[C@@H]2O[P@](=O)(S)OC[C@H]3O[C@@H](n4cnc5c(N)ncnc54)[C@H](F)[C@@H]3O[P@](=O)(S)OC[C@H]2O[C@H]1n1cnc2c(N)ncnc21. The molecule has 0 unspecified atom stereocenters. The van der Waals surface area contributed by atoms with Crippen molar-refractivity contribution >= 4 is 78.1 Å². The van der Waals surface area contributed by atoms with E-state index >= 15 is 4.39 Å². The highest BCUT2D eigenvalue weighted by Crippen LogP contribution is 2.60. The number of nitrogens with one attached hydrogen (secondary N) is 1. The first-order valence-electron chi connectivity index (χ1n) is 15.4. The number of carbonyl (C=O) groups excluding carboxylic acids is 1. The lowest BCUT2D eigenvalue weighted by molar-refractivity contribution is -0.0560. The third kappa shape index (κ3) is 7.73. The highest BCUT2D eigenvalue weighted by atomic mass is 32.7. The summed E-state index contributed by atoms with van der Waals surface area (Å²) in [5.74, 6) is 0.0719. The van der Waals surface area contributed by atoms with Gasteiger partial charge in [-0.3, -0.25) is 27.2 Å². The molecule has 0 aliphatic carbocycles. The topological polar surface area (TPSA) is 316 Å². The number of alkyl halides is 1. The lowest BCUT2D eigenvalue weighted by Gasteiger charge is -2.29. The fraction of sp³-hybridized carbons (Fsp3) is 0.542. The zero-order chi connectivity index (χ0) is 37.5. The zero-order valence-corrected chi connectivity index (χ0v) is 30.4. The molecule has 0 saturated carbocycles. The fourth-order valence-electron chi connectivity index (χ4n) is 5.86. The smallest absolute Gasteiger partial charge is 0.407 e. The van der Waals surface area contributed by atoms with E-state index in [1.165, 1.54) is 28.1 Å². The van der Waals surface area contributed by atoms with Crippen LogP contribution < -0.4 is 16.8 Å². The van der Waals surface area contributed by atoms with E-state index in [0.717, 1.165) is 6.33 Å². The number of hydrogen-bond acceptors (Lipinski definition) is 19. The van der Waals surface area contributed by atoms with Crippen molar-refractivity contribution in [2.45, 2.75) is 55.6 Å². The molecule has 0 aromatic carbocycles. The predicted molar refractivity (Wildman–Crippen MR) is 184 cm³/mol. The van der Waals surface area contributed by atoms with Crippen molar-refractivity contribution in [1.29, 1.82) is 0 Å². The summed E-state index contributed by atoms with van der Waals surface area (Å²) in [6.45, 7) is -10.1. The van der Waals surface area contributed by atoms with Crippen LogP contribution in [0.2, 0.25) is 0 Å². The Hall–Kier alpha value is -3.87. The van der Waals surface area contributed by atoms with Gasteiger partial charge in [0.1, 0.15) is 48.1 Å². The first kappa shape index (κ1) is 37.4. The summed E-state index contributed by atoms with van der Waals surface area (Å²) in [7, 11) is 0. The molecule has 7 rings (SSSR count). The zero-order valence-electron chi connectivity index (χ0n) is 26.8. The monoisotopic (exact) mass is 818 g/mol. The molecule has 3 aliphatic rings. The second-order valence-corrected chi connectivity index (χ2v) is 17.3. The number of fused-ring (bicyclic) bond motifs is 4. The van der Waals surface area contributed by atoms with Gasteiger partial charge >= 0.3 is 19.7 Å². The van der Waals surface area contributed by atoms with E-state index in [-0.39, 0.29) is 53.5 Å². The molecule has 1 amide bonds. The standard InChI is InChI=1S/C24H29FN14O10P2S2/c25-12-15-10(45-22(12)38-8-34-13-18(26)30-6-32-20(13)38)4-43-51(42,53)49-16-11(5-44-50(41,52)48-15)46-23(17(16)47-24(40)29-2-1-3-36-37-28)39-9-35-14-19(27)31-7-33-21(14)39/h6-12,15-17,22-23H,1-5H2,(H,29,40)(H,41,52)(H,42,53)(H2,26,30,32)(H2,27,31,33)/t10-,11-,12-,15-,16-,17-,22-,23-,50-,51-/m1/s1. The maximum absolute atomic E-state index is 16.2. The number of amides is 1. The number of aromatic nitrogens is 8. The first-order valence-corrected chi connectivity index (χ1v) is 20.8. The van der Waals surface area contributed by atoms with Crippen LogP contribution in [0, 0.1) is 0 Å². The average molecular weight is 819 g/mol. The van der Waals surface area contributed by atoms with Crippen molar-refractivity contribution in [2.75, 3.05) is 37.8 Å².